The van der Waals surface area contributed by atoms with E-state index >= 15 is 0 Å². The molecule has 3 nitrogen and oxygen atoms in total. The van der Waals surface area contributed by atoms with E-state index < -0.39 is 0 Å². The van der Waals surface area contributed by atoms with Crippen LogP contribution in [0.15, 0.2) is 30.9 Å². The van der Waals surface area contributed by atoms with Crippen molar-refractivity contribution in [3.05, 3.63) is 42.0 Å². The molecular formula is C14H19NO2. The molecule has 0 aliphatic rings. The number of allylic oxidation sites excluding steroid dienone is 1. The van der Waals surface area contributed by atoms with Gasteiger partial charge in [-0.25, -0.2) is 5.26 Å². The van der Waals surface area contributed by atoms with Gasteiger partial charge >= 0.3 is 0 Å². The highest BCUT2D eigenvalue weighted by atomic mass is 16.5. The van der Waals surface area contributed by atoms with Gasteiger partial charge in [0, 0.05) is 17.7 Å². The van der Waals surface area contributed by atoms with Crippen molar-refractivity contribution in [3.8, 4) is 12.3 Å². The molecule has 0 aliphatic heterocycles. The number of ether oxygens (including phenoxy) is 1. The molecule has 0 bridgehead atoms. The maximum Gasteiger partial charge on any atom is 0.150 e. The largest absolute Gasteiger partial charge is 0.496 e. The third-order valence-electron chi connectivity index (χ3n) is 1.86. The summed E-state index contributed by atoms with van der Waals surface area (Å²) in [4.78, 5) is 10.7. The summed E-state index contributed by atoms with van der Waals surface area (Å²) in [6.45, 7) is 11.1. The number of methoxy groups -OCH3 is 1. The molecule has 0 atom stereocenters. The lowest BCUT2D eigenvalue weighted by molar-refractivity contribution is 0.112. The molecule has 0 heterocycles. The number of nitrogens with zero attached hydrogens (tertiary/aromatic N) is 1. The fraction of sp³-hybridized carbons (Fsp3) is 0.286. The normalized spacial score (nSPS) is 7.59. The van der Waals surface area contributed by atoms with Gasteiger partial charge < -0.3 is 4.74 Å². The van der Waals surface area contributed by atoms with Crippen LogP contribution in [0.1, 0.15) is 29.8 Å². The Morgan fingerprint density at radius 1 is 1.41 bits per heavy atom. The molecule has 0 spiro atoms. The van der Waals surface area contributed by atoms with E-state index in [2.05, 4.69) is 13.2 Å². The Hall–Kier alpha value is -2.08. The van der Waals surface area contributed by atoms with Crippen LogP contribution in [0, 0.1) is 11.8 Å². The topological polar surface area (TPSA) is 50.1 Å². The SMILES string of the molecule is C#N.C=CCc1c(C=O)cccc1OC.CC. The molecule has 3 heteroatoms. The van der Waals surface area contributed by atoms with Gasteiger partial charge in [0.2, 0.25) is 0 Å². The summed E-state index contributed by atoms with van der Waals surface area (Å²) in [7, 11) is 1.59. The number of aldehydes is 1. The van der Waals surface area contributed by atoms with E-state index in [-0.39, 0.29) is 0 Å². The summed E-state index contributed by atoms with van der Waals surface area (Å²) in [6, 6.07) is 5.41. The fourth-order valence-corrected chi connectivity index (χ4v) is 1.25. The zero-order valence-corrected chi connectivity index (χ0v) is 10.6. The van der Waals surface area contributed by atoms with E-state index in [1.54, 1.807) is 25.3 Å². The van der Waals surface area contributed by atoms with Crippen LogP contribution in [0.3, 0.4) is 0 Å². The first-order valence-corrected chi connectivity index (χ1v) is 5.31. The van der Waals surface area contributed by atoms with Gasteiger partial charge in [-0.2, -0.15) is 0 Å². The minimum atomic E-state index is 0.651. The van der Waals surface area contributed by atoms with Crippen molar-refractivity contribution in [2.75, 3.05) is 7.11 Å². The second-order valence-corrected chi connectivity index (χ2v) is 2.64. The van der Waals surface area contributed by atoms with E-state index in [4.69, 9.17) is 10.00 Å². The zero-order valence-electron chi connectivity index (χ0n) is 10.6. The second-order valence-electron chi connectivity index (χ2n) is 2.64. The number of rotatable bonds is 4. The summed E-state index contributed by atoms with van der Waals surface area (Å²) in [5.74, 6) is 0.740. The Bertz CT molecular complexity index is 356. The Morgan fingerprint density at radius 3 is 2.41 bits per heavy atom. The zero-order chi connectivity index (χ0) is 13.7. The molecule has 1 aromatic carbocycles. The summed E-state index contributed by atoms with van der Waals surface area (Å²) < 4.78 is 5.13. The molecule has 1 rings (SSSR count). The van der Waals surface area contributed by atoms with E-state index in [1.165, 1.54) is 0 Å². The third-order valence-corrected chi connectivity index (χ3v) is 1.86. The van der Waals surface area contributed by atoms with Gasteiger partial charge in [0.1, 0.15) is 12.0 Å². The Kier molecular flexibility index (Phi) is 12.2. The van der Waals surface area contributed by atoms with Gasteiger partial charge in [0.05, 0.1) is 7.11 Å². The van der Waals surface area contributed by atoms with Gasteiger partial charge in [-0.05, 0) is 12.5 Å². The van der Waals surface area contributed by atoms with Crippen LogP contribution in [-0.4, -0.2) is 13.4 Å². The summed E-state index contributed by atoms with van der Waals surface area (Å²) in [6.07, 6.45) is 3.24. The van der Waals surface area contributed by atoms with Gasteiger partial charge in [-0.1, -0.05) is 32.1 Å². The van der Waals surface area contributed by atoms with Crippen LogP contribution >= 0.6 is 0 Å². The molecule has 1 aromatic rings. The number of hydrogen-bond acceptors (Lipinski definition) is 3. The summed E-state index contributed by atoms with van der Waals surface area (Å²) in [5, 5.41) is 6.50. The highest BCUT2D eigenvalue weighted by Crippen LogP contribution is 2.21. The lowest BCUT2D eigenvalue weighted by Gasteiger charge is -2.07. The first-order valence-electron chi connectivity index (χ1n) is 5.31. The molecule has 0 saturated carbocycles. The average molecular weight is 233 g/mol. The van der Waals surface area contributed by atoms with Gasteiger partial charge in [0.25, 0.3) is 0 Å². The number of nitriles is 1. The minimum Gasteiger partial charge on any atom is -0.496 e. The van der Waals surface area contributed by atoms with Crippen molar-refractivity contribution in [1.82, 2.24) is 0 Å². The predicted octanol–water partition coefficient (Wildman–Crippen LogP) is 3.40. The third kappa shape index (κ3) is 5.53. The highest BCUT2D eigenvalue weighted by molar-refractivity contribution is 5.78. The van der Waals surface area contributed by atoms with Gasteiger partial charge in [0.15, 0.2) is 0 Å². The molecule has 0 radical (unpaired) electrons. The van der Waals surface area contributed by atoms with Crippen LogP contribution in [0.5, 0.6) is 5.75 Å². The molecule has 0 aromatic heterocycles. The lowest BCUT2D eigenvalue weighted by Crippen LogP contribution is -1.95. The van der Waals surface area contributed by atoms with Crippen LogP contribution in [0.25, 0.3) is 0 Å². The molecule has 0 unspecified atom stereocenters. The number of carbonyl (C=O) groups is 1. The molecule has 92 valence electrons. The van der Waals surface area contributed by atoms with E-state index in [1.807, 2.05) is 19.9 Å². The second kappa shape index (κ2) is 12.0. The van der Waals surface area contributed by atoms with Crippen molar-refractivity contribution < 1.29 is 9.53 Å². The van der Waals surface area contributed by atoms with Gasteiger partial charge in [-0.3, -0.25) is 4.79 Å². The first-order chi connectivity index (χ1) is 8.33. The molecule has 0 saturated heterocycles. The fourth-order valence-electron chi connectivity index (χ4n) is 1.25. The highest BCUT2D eigenvalue weighted by Gasteiger charge is 2.05. The van der Waals surface area contributed by atoms with E-state index in [0.29, 0.717) is 12.0 Å². The Balaban J connectivity index is 0. The molecule has 0 N–H and O–H groups in total. The molecule has 17 heavy (non-hydrogen) atoms. The van der Waals surface area contributed by atoms with E-state index in [0.717, 1.165) is 17.6 Å². The molecule has 0 fully saturated rings. The Labute approximate surface area is 103 Å². The predicted molar refractivity (Wildman–Crippen MR) is 70.3 cm³/mol. The average Bonchev–Trinajstić information content (AvgIpc) is 2.44. The summed E-state index contributed by atoms with van der Waals surface area (Å²) in [5.41, 5.74) is 1.56. The van der Waals surface area contributed by atoms with Crippen molar-refractivity contribution in [2.24, 2.45) is 0 Å². The summed E-state index contributed by atoms with van der Waals surface area (Å²) >= 11 is 0. The maximum atomic E-state index is 10.7. The number of benzene rings is 1. The van der Waals surface area contributed by atoms with Crippen molar-refractivity contribution in [3.63, 3.8) is 0 Å². The van der Waals surface area contributed by atoms with E-state index in [9.17, 15) is 4.79 Å². The molecule has 0 amide bonds. The lowest BCUT2D eigenvalue weighted by atomic mass is 10.0. The van der Waals surface area contributed by atoms with Crippen molar-refractivity contribution >= 4 is 6.29 Å². The smallest absolute Gasteiger partial charge is 0.150 e. The standard InChI is InChI=1S/C11H12O2.C2H6.CHN/c1-3-5-10-9(8-12)6-4-7-11(10)13-2;2*1-2/h3-4,6-8H,1,5H2,2H3;1-2H3;1H. The first kappa shape index (κ1) is 17.3. The van der Waals surface area contributed by atoms with Crippen molar-refractivity contribution in [1.29, 1.82) is 5.26 Å². The van der Waals surface area contributed by atoms with Crippen LogP contribution in [0.4, 0.5) is 0 Å². The number of carbonyl (C=O) groups excluding carboxylic acids is 1. The number of hydrogen-bond donors (Lipinski definition) is 0. The Morgan fingerprint density at radius 2 is 2.00 bits per heavy atom. The van der Waals surface area contributed by atoms with Crippen molar-refractivity contribution in [2.45, 2.75) is 20.3 Å². The molecular weight excluding hydrogens is 214 g/mol. The monoisotopic (exact) mass is 233 g/mol. The van der Waals surface area contributed by atoms with Gasteiger partial charge in [-0.15, -0.1) is 6.58 Å². The van der Waals surface area contributed by atoms with Crippen LogP contribution < -0.4 is 4.74 Å². The van der Waals surface area contributed by atoms with Crippen LogP contribution in [0.2, 0.25) is 0 Å². The maximum absolute atomic E-state index is 10.7. The quantitative estimate of drug-likeness (QED) is 0.591. The minimum absolute atomic E-state index is 0.651. The van der Waals surface area contributed by atoms with Crippen LogP contribution in [-0.2, 0) is 6.42 Å². The molecule has 0 aliphatic carbocycles.